The molecule has 2 heterocycles. The van der Waals surface area contributed by atoms with E-state index in [-0.39, 0.29) is 0 Å². The van der Waals surface area contributed by atoms with Crippen LogP contribution in [0.3, 0.4) is 0 Å². The maximum absolute atomic E-state index is 5.88. The van der Waals surface area contributed by atoms with Crippen LogP contribution in [0.25, 0.3) is 11.1 Å². The Morgan fingerprint density at radius 2 is 1.00 bits per heavy atom. The quantitative estimate of drug-likeness (QED) is 0.328. The summed E-state index contributed by atoms with van der Waals surface area (Å²) in [6.07, 6.45) is 4.30. The van der Waals surface area contributed by atoms with Crippen LogP contribution in [0, 0.1) is 0 Å². The Morgan fingerprint density at radius 1 is 0.618 bits per heavy atom. The van der Waals surface area contributed by atoms with Gasteiger partial charge in [-0.15, -0.1) is 23.5 Å². The molecule has 2 aromatic rings. The fraction of sp³-hybridized carbons (Fsp3) is 0.231. The lowest BCUT2D eigenvalue weighted by atomic mass is 9.93. The van der Waals surface area contributed by atoms with E-state index in [0.29, 0.717) is 0 Å². The highest BCUT2D eigenvalue weighted by molar-refractivity contribution is 8.36. The zero-order valence-electron chi connectivity index (χ0n) is 19.9. The fourth-order valence-corrected chi connectivity index (χ4v) is 11.2. The van der Waals surface area contributed by atoms with Crippen molar-refractivity contribution in [2.75, 3.05) is 26.7 Å². The number of ether oxygens (including phenoxy) is 2. The molecule has 0 spiro atoms. The Bertz CT molecular complexity index is 1130. The molecule has 0 radical (unpaired) electrons. The normalized spacial score (nSPS) is 19.1. The summed E-state index contributed by atoms with van der Waals surface area (Å²) in [7, 11) is 3.50. The van der Waals surface area contributed by atoms with Crippen LogP contribution in [-0.2, 0) is 0 Å². The smallest absolute Gasteiger partial charge is 0.126 e. The number of hydrogen-bond acceptors (Lipinski definition) is 8. The van der Waals surface area contributed by atoms with Crippen LogP contribution in [0.5, 0.6) is 11.5 Å². The van der Waals surface area contributed by atoms with Gasteiger partial charge >= 0.3 is 0 Å². The summed E-state index contributed by atoms with van der Waals surface area (Å²) in [4.78, 5) is 2.69. The Labute approximate surface area is 228 Å². The third-order valence-electron chi connectivity index (χ3n) is 5.22. The van der Waals surface area contributed by atoms with Gasteiger partial charge in [-0.05, 0) is 38.5 Å². The molecule has 0 amide bonds. The molecule has 2 aliphatic heterocycles. The first kappa shape index (κ1) is 26.2. The molecular formula is C26H26O2S6. The zero-order valence-corrected chi connectivity index (χ0v) is 24.8. The highest BCUT2D eigenvalue weighted by Gasteiger charge is 2.31. The Hall–Kier alpha value is -0.900. The van der Waals surface area contributed by atoms with Crippen molar-refractivity contribution in [3.63, 3.8) is 0 Å². The summed E-state index contributed by atoms with van der Waals surface area (Å²) in [5, 5.41) is 0. The molecule has 0 aliphatic carbocycles. The molecule has 0 atom stereocenters. The van der Waals surface area contributed by atoms with Gasteiger partial charge in [0.2, 0.25) is 0 Å². The Morgan fingerprint density at radius 3 is 1.32 bits per heavy atom. The third-order valence-corrected chi connectivity index (χ3v) is 13.2. The van der Waals surface area contributed by atoms with E-state index in [9.17, 15) is 0 Å². The SMILES string of the molecule is COc1ccccc1C(=C1\SC(C)=C(SC)S1)/C(=C1/SC(C)=C(SC)S1)c1ccccc1OC. The van der Waals surface area contributed by atoms with Crippen LogP contribution >= 0.6 is 70.6 Å². The summed E-state index contributed by atoms with van der Waals surface area (Å²) in [6, 6.07) is 16.7. The largest absolute Gasteiger partial charge is 0.496 e. The first-order valence-corrected chi connectivity index (χ1v) is 16.2. The summed E-state index contributed by atoms with van der Waals surface area (Å²) in [6.45, 7) is 4.42. The molecule has 0 N–H and O–H groups in total. The van der Waals surface area contributed by atoms with Gasteiger partial charge in [-0.3, -0.25) is 0 Å². The minimum absolute atomic E-state index is 0.872. The first-order chi connectivity index (χ1) is 16.5. The van der Waals surface area contributed by atoms with E-state index < -0.39 is 0 Å². The molecule has 2 aliphatic rings. The van der Waals surface area contributed by atoms with E-state index in [1.54, 1.807) is 14.2 Å². The average molecular weight is 563 g/mol. The standard InChI is InChI=1S/C26H26O2S6/c1-15-23(29-5)33-25(31-15)21(17-11-7-9-13-19(17)27-3)22(18-12-8-10-14-20(18)28-4)26-32-16(2)24(30-6)34-26/h7-14H,1-6H3/b25-21-,26-22-. The number of thioether (sulfide) groups is 6. The second kappa shape index (κ2) is 11.9. The Balaban J connectivity index is 2.05. The maximum Gasteiger partial charge on any atom is 0.126 e. The molecule has 0 fully saturated rings. The molecule has 0 unspecified atom stereocenters. The van der Waals surface area contributed by atoms with Gasteiger partial charge in [-0.2, -0.15) is 0 Å². The summed E-state index contributed by atoms with van der Waals surface area (Å²) < 4.78 is 17.0. The second-order valence-electron chi connectivity index (χ2n) is 7.23. The van der Waals surface area contributed by atoms with Crippen LogP contribution in [0.1, 0.15) is 25.0 Å². The van der Waals surface area contributed by atoms with Crippen molar-refractivity contribution in [1.82, 2.24) is 0 Å². The van der Waals surface area contributed by atoms with Crippen LogP contribution in [0.15, 0.2) is 75.3 Å². The molecule has 2 aromatic carbocycles. The van der Waals surface area contributed by atoms with Gasteiger partial charge in [0.25, 0.3) is 0 Å². The van der Waals surface area contributed by atoms with Crippen molar-refractivity contribution in [2.24, 2.45) is 0 Å². The molecule has 34 heavy (non-hydrogen) atoms. The highest BCUT2D eigenvalue weighted by atomic mass is 32.2. The Kier molecular flexibility index (Phi) is 9.15. The van der Waals surface area contributed by atoms with Gasteiger partial charge in [-0.25, -0.2) is 0 Å². The van der Waals surface area contributed by atoms with Crippen LogP contribution in [0.2, 0.25) is 0 Å². The fourth-order valence-electron chi connectivity index (χ4n) is 3.69. The van der Waals surface area contributed by atoms with Crippen molar-refractivity contribution in [3.8, 4) is 11.5 Å². The van der Waals surface area contributed by atoms with Crippen molar-refractivity contribution in [3.05, 3.63) is 86.4 Å². The molecule has 0 saturated carbocycles. The third kappa shape index (κ3) is 5.27. The minimum Gasteiger partial charge on any atom is -0.496 e. The summed E-state index contributed by atoms with van der Waals surface area (Å²) in [5.41, 5.74) is 4.59. The number of benzene rings is 2. The highest BCUT2D eigenvalue weighted by Crippen LogP contribution is 2.62. The number of methoxy groups -OCH3 is 2. The van der Waals surface area contributed by atoms with E-state index >= 15 is 0 Å². The number of rotatable bonds is 7. The number of para-hydroxylation sites is 2. The van der Waals surface area contributed by atoms with Gasteiger partial charge < -0.3 is 9.47 Å². The molecule has 0 aromatic heterocycles. The second-order valence-corrected chi connectivity index (χ2v) is 14.4. The molecule has 0 saturated heterocycles. The average Bonchev–Trinajstić information content (AvgIpc) is 3.43. The van der Waals surface area contributed by atoms with Crippen LogP contribution in [0.4, 0.5) is 0 Å². The lowest BCUT2D eigenvalue weighted by Crippen LogP contribution is -2.00. The molecule has 0 bridgehead atoms. The van der Waals surface area contributed by atoms with Crippen LogP contribution in [-0.4, -0.2) is 26.7 Å². The molecule has 178 valence electrons. The lowest BCUT2D eigenvalue weighted by Gasteiger charge is -2.21. The van der Waals surface area contributed by atoms with Crippen molar-refractivity contribution < 1.29 is 9.47 Å². The molecular weight excluding hydrogens is 537 g/mol. The van der Waals surface area contributed by atoms with Gasteiger partial charge in [-0.1, -0.05) is 83.4 Å². The lowest BCUT2D eigenvalue weighted by molar-refractivity contribution is 0.413. The molecule has 8 heteroatoms. The molecule has 2 nitrogen and oxygen atoms in total. The number of hydrogen-bond donors (Lipinski definition) is 0. The van der Waals surface area contributed by atoms with Crippen molar-refractivity contribution in [2.45, 2.75) is 13.8 Å². The topological polar surface area (TPSA) is 18.5 Å². The maximum atomic E-state index is 5.88. The summed E-state index contributed by atoms with van der Waals surface area (Å²) in [5.74, 6) is 1.74. The van der Waals surface area contributed by atoms with Crippen molar-refractivity contribution >= 4 is 81.7 Å². The molecule has 4 rings (SSSR count). The van der Waals surface area contributed by atoms with Crippen molar-refractivity contribution in [1.29, 1.82) is 0 Å². The predicted molar refractivity (Wildman–Crippen MR) is 163 cm³/mol. The van der Waals surface area contributed by atoms with E-state index in [0.717, 1.165) is 22.6 Å². The zero-order chi connectivity index (χ0) is 24.2. The van der Waals surface area contributed by atoms with Gasteiger partial charge in [0, 0.05) is 32.1 Å². The van der Waals surface area contributed by atoms with E-state index in [4.69, 9.17) is 9.47 Å². The monoisotopic (exact) mass is 562 g/mol. The van der Waals surface area contributed by atoms with E-state index in [1.807, 2.05) is 94.8 Å². The van der Waals surface area contributed by atoms with Gasteiger partial charge in [0.15, 0.2) is 0 Å². The van der Waals surface area contributed by atoms with Crippen LogP contribution < -0.4 is 9.47 Å². The minimum atomic E-state index is 0.872. The van der Waals surface area contributed by atoms with Gasteiger partial charge in [0.05, 0.1) is 31.2 Å². The number of allylic oxidation sites excluding steroid dienone is 4. The first-order valence-electron chi connectivity index (χ1n) is 10.5. The predicted octanol–water partition coefficient (Wildman–Crippen LogP) is 9.81. The summed E-state index contributed by atoms with van der Waals surface area (Å²) >= 11 is 11.1. The van der Waals surface area contributed by atoms with Gasteiger partial charge in [0.1, 0.15) is 11.5 Å². The van der Waals surface area contributed by atoms with E-state index in [2.05, 4.69) is 50.6 Å². The van der Waals surface area contributed by atoms with E-state index in [1.165, 1.54) is 37.9 Å².